The number of hydrogen-bond acceptors (Lipinski definition) is 3. The van der Waals surface area contributed by atoms with E-state index in [0.29, 0.717) is 6.04 Å². The monoisotopic (exact) mass is 246 g/mol. The molecule has 1 fully saturated rings. The van der Waals surface area contributed by atoms with Gasteiger partial charge in [-0.2, -0.15) is 0 Å². The zero-order valence-corrected chi connectivity index (χ0v) is 10.5. The molecule has 1 aliphatic heterocycles. The SMILES string of the molecule is CC(Cc1ccc2c(c1)NC(=O)CO2)NC1CC1. The van der Waals surface area contributed by atoms with Crippen LogP contribution in [0.2, 0.25) is 0 Å². The first kappa shape index (κ1) is 11.5. The van der Waals surface area contributed by atoms with Gasteiger partial charge in [0.15, 0.2) is 6.61 Å². The Morgan fingerprint density at radius 3 is 3.11 bits per heavy atom. The first-order valence-corrected chi connectivity index (χ1v) is 6.52. The molecule has 1 aromatic rings. The smallest absolute Gasteiger partial charge is 0.262 e. The number of anilines is 1. The minimum Gasteiger partial charge on any atom is -0.482 e. The molecular formula is C14H18N2O2. The second-order valence-electron chi connectivity index (χ2n) is 5.21. The van der Waals surface area contributed by atoms with Crippen LogP contribution in [0.1, 0.15) is 25.3 Å². The number of carbonyl (C=O) groups excluding carboxylic acids is 1. The number of hydrogen-bond donors (Lipinski definition) is 2. The van der Waals surface area contributed by atoms with Crippen LogP contribution in [0, 0.1) is 0 Å². The Kier molecular flexibility index (Phi) is 2.96. The van der Waals surface area contributed by atoms with Crippen LogP contribution in [0.4, 0.5) is 5.69 Å². The molecule has 4 nitrogen and oxygen atoms in total. The van der Waals surface area contributed by atoms with Crippen molar-refractivity contribution in [1.82, 2.24) is 5.32 Å². The number of rotatable bonds is 4. The van der Waals surface area contributed by atoms with E-state index in [2.05, 4.69) is 23.6 Å². The Hall–Kier alpha value is -1.55. The molecule has 1 atom stereocenters. The van der Waals surface area contributed by atoms with Crippen LogP contribution in [-0.2, 0) is 11.2 Å². The standard InChI is InChI=1S/C14H18N2O2/c1-9(15-11-3-4-11)6-10-2-5-13-12(7-10)16-14(17)8-18-13/h2,5,7,9,11,15H,3-4,6,8H2,1H3,(H,16,17). The molecule has 3 rings (SSSR count). The summed E-state index contributed by atoms with van der Waals surface area (Å²) < 4.78 is 5.34. The fourth-order valence-electron chi connectivity index (χ4n) is 2.32. The molecule has 0 bridgehead atoms. The molecule has 1 aliphatic carbocycles. The molecule has 18 heavy (non-hydrogen) atoms. The van der Waals surface area contributed by atoms with Crippen molar-refractivity contribution in [3.63, 3.8) is 0 Å². The van der Waals surface area contributed by atoms with Crippen molar-refractivity contribution in [1.29, 1.82) is 0 Å². The molecule has 4 heteroatoms. The lowest BCUT2D eigenvalue weighted by Gasteiger charge is -2.19. The topological polar surface area (TPSA) is 50.4 Å². The highest BCUT2D eigenvalue weighted by molar-refractivity contribution is 5.95. The summed E-state index contributed by atoms with van der Waals surface area (Å²) >= 11 is 0. The van der Waals surface area contributed by atoms with E-state index in [4.69, 9.17) is 4.74 Å². The van der Waals surface area contributed by atoms with Gasteiger partial charge >= 0.3 is 0 Å². The molecular weight excluding hydrogens is 228 g/mol. The van der Waals surface area contributed by atoms with Crippen molar-refractivity contribution in [3.8, 4) is 5.75 Å². The van der Waals surface area contributed by atoms with Crippen molar-refractivity contribution < 1.29 is 9.53 Å². The highest BCUT2D eigenvalue weighted by Gasteiger charge is 2.23. The lowest BCUT2D eigenvalue weighted by atomic mass is 10.1. The van der Waals surface area contributed by atoms with Crippen LogP contribution in [0.25, 0.3) is 0 Å². The van der Waals surface area contributed by atoms with Crippen molar-refractivity contribution in [3.05, 3.63) is 23.8 Å². The predicted molar refractivity (Wildman–Crippen MR) is 69.9 cm³/mol. The van der Waals surface area contributed by atoms with Gasteiger partial charge in [-0.25, -0.2) is 0 Å². The average molecular weight is 246 g/mol. The van der Waals surface area contributed by atoms with E-state index in [-0.39, 0.29) is 12.5 Å². The van der Waals surface area contributed by atoms with E-state index in [1.54, 1.807) is 0 Å². The van der Waals surface area contributed by atoms with Gasteiger partial charge in [-0.05, 0) is 43.9 Å². The summed E-state index contributed by atoms with van der Waals surface area (Å²) in [6, 6.07) is 7.21. The quantitative estimate of drug-likeness (QED) is 0.850. The molecule has 2 aliphatic rings. The van der Waals surface area contributed by atoms with E-state index in [1.807, 2.05) is 12.1 Å². The Labute approximate surface area is 107 Å². The highest BCUT2D eigenvalue weighted by atomic mass is 16.5. The van der Waals surface area contributed by atoms with Gasteiger partial charge in [0.1, 0.15) is 5.75 Å². The maximum atomic E-state index is 11.3. The molecule has 1 heterocycles. The van der Waals surface area contributed by atoms with Gasteiger partial charge in [0, 0.05) is 12.1 Å². The zero-order chi connectivity index (χ0) is 12.5. The first-order chi connectivity index (χ1) is 8.70. The third-order valence-corrected chi connectivity index (χ3v) is 3.32. The van der Waals surface area contributed by atoms with E-state index < -0.39 is 0 Å². The normalized spacial score (nSPS) is 19.7. The van der Waals surface area contributed by atoms with Gasteiger partial charge in [0.2, 0.25) is 0 Å². The molecule has 0 aromatic heterocycles. The largest absolute Gasteiger partial charge is 0.482 e. The summed E-state index contributed by atoms with van der Waals surface area (Å²) in [6.45, 7) is 2.32. The van der Waals surface area contributed by atoms with Crippen molar-refractivity contribution >= 4 is 11.6 Å². The number of fused-ring (bicyclic) bond motifs is 1. The highest BCUT2D eigenvalue weighted by Crippen LogP contribution is 2.29. The van der Waals surface area contributed by atoms with Gasteiger partial charge in [-0.1, -0.05) is 6.07 Å². The van der Waals surface area contributed by atoms with E-state index >= 15 is 0 Å². The van der Waals surface area contributed by atoms with Gasteiger partial charge < -0.3 is 15.4 Å². The molecule has 0 spiro atoms. The maximum absolute atomic E-state index is 11.3. The van der Waals surface area contributed by atoms with E-state index in [0.717, 1.165) is 23.9 Å². The molecule has 0 radical (unpaired) electrons. The van der Waals surface area contributed by atoms with Gasteiger partial charge in [0.05, 0.1) is 5.69 Å². The van der Waals surface area contributed by atoms with Gasteiger partial charge in [-0.3, -0.25) is 4.79 Å². The number of carbonyl (C=O) groups is 1. The first-order valence-electron chi connectivity index (χ1n) is 6.52. The Bertz CT molecular complexity index is 469. The number of amides is 1. The van der Waals surface area contributed by atoms with Crippen LogP contribution in [-0.4, -0.2) is 24.6 Å². The third kappa shape index (κ3) is 2.64. The summed E-state index contributed by atoms with van der Waals surface area (Å²) in [4.78, 5) is 11.3. The Balaban J connectivity index is 1.68. The average Bonchev–Trinajstić information content (AvgIpc) is 3.12. The number of benzene rings is 1. The Morgan fingerprint density at radius 2 is 2.33 bits per heavy atom. The molecule has 1 aromatic carbocycles. The van der Waals surface area contributed by atoms with Crippen LogP contribution in [0.5, 0.6) is 5.75 Å². The van der Waals surface area contributed by atoms with E-state index in [1.165, 1.54) is 18.4 Å². The lowest BCUT2D eigenvalue weighted by molar-refractivity contribution is -0.118. The second-order valence-corrected chi connectivity index (χ2v) is 5.21. The van der Waals surface area contributed by atoms with Gasteiger partial charge in [-0.15, -0.1) is 0 Å². The molecule has 1 unspecified atom stereocenters. The van der Waals surface area contributed by atoms with Gasteiger partial charge in [0.25, 0.3) is 5.91 Å². The van der Waals surface area contributed by atoms with Crippen molar-refractivity contribution in [2.45, 2.75) is 38.3 Å². The molecule has 96 valence electrons. The fourth-order valence-corrected chi connectivity index (χ4v) is 2.32. The molecule has 2 N–H and O–H groups in total. The minimum absolute atomic E-state index is 0.0798. The van der Waals surface area contributed by atoms with Crippen LogP contribution < -0.4 is 15.4 Å². The summed E-state index contributed by atoms with van der Waals surface area (Å²) in [5.74, 6) is 0.685. The summed E-state index contributed by atoms with van der Waals surface area (Å²) in [5.41, 5.74) is 2.02. The number of ether oxygens (including phenoxy) is 1. The van der Waals surface area contributed by atoms with Crippen LogP contribution in [0.15, 0.2) is 18.2 Å². The summed E-state index contributed by atoms with van der Waals surface area (Å²) in [5, 5.41) is 6.41. The number of nitrogens with one attached hydrogen (secondary N) is 2. The summed E-state index contributed by atoms with van der Waals surface area (Å²) in [7, 11) is 0. The van der Waals surface area contributed by atoms with Crippen molar-refractivity contribution in [2.75, 3.05) is 11.9 Å². The predicted octanol–water partition coefficient (Wildman–Crippen LogP) is 1.70. The van der Waals surface area contributed by atoms with Crippen LogP contribution in [0.3, 0.4) is 0 Å². The molecule has 1 saturated carbocycles. The fraction of sp³-hybridized carbons (Fsp3) is 0.500. The van der Waals surface area contributed by atoms with Crippen LogP contribution >= 0.6 is 0 Å². The van der Waals surface area contributed by atoms with E-state index in [9.17, 15) is 4.79 Å². The lowest BCUT2D eigenvalue weighted by Crippen LogP contribution is -2.30. The third-order valence-electron chi connectivity index (χ3n) is 3.32. The zero-order valence-electron chi connectivity index (χ0n) is 10.5. The summed E-state index contributed by atoms with van der Waals surface area (Å²) in [6.07, 6.45) is 3.58. The second kappa shape index (κ2) is 4.61. The Morgan fingerprint density at radius 1 is 1.50 bits per heavy atom. The maximum Gasteiger partial charge on any atom is 0.262 e. The molecule has 1 amide bonds. The van der Waals surface area contributed by atoms with Crippen molar-refractivity contribution in [2.24, 2.45) is 0 Å². The molecule has 0 saturated heterocycles. The minimum atomic E-state index is -0.0798.